The fraction of sp³-hybridized carbons (Fsp3) is 0.269. The lowest BCUT2D eigenvalue weighted by atomic mass is 9.94. The summed E-state index contributed by atoms with van der Waals surface area (Å²) in [5.41, 5.74) is 16.6. The van der Waals surface area contributed by atoms with Crippen molar-refractivity contribution in [3.63, 3.8) is 0 Å². The molecule has 182 valence electrons. The van der Waals surface area contributed by atoms with Crippen LogP contribution in [0.4, 0.5) is 10.1 Å². The molecule has 9 heteroatoms. The summed E-state index contributed by atoms with van der Waals surface area (Å²) in [6, 6.07) is 10.2. The third kappa shape index (κ3) is 5.34. The Balaban J connectivity index is 1.44. The molecule has 0 aliphatic carbocycles. The topological polar surface area (TPSA) is 135 Å². The summed E-state index contributed by atoms with van der Waals surface area (Å²) in [7, 11) is 0. The number of halogens is 1. The molecule has 0 aromatic heterocycles. The van der Waals surface area contributed by atoms with Crippen molar-refractivity contribution in [2.75, 3.05) is 31.5 Å². The first-order valence-corrected chi connectivity index (χ1v) is 11.5. The number of rotatable bonds is 4. The normalized spacial score (nSPS) is 15.8. The summed E-state index contributed by atoms with van der Waals surface area (Å²) in [6.45, 7) is 4.30. The molecule has 2 heterocycles. The Labute approximate surface area is 204 Å². The number of carbonyl (C=O) groups excluding carboxylic acids is 1. The van der Waals surface area contributed by atoms with E-state index in [2.05, 4.69) is 11.4 Å². The third-order valence-corrected chi connectivity index (χ3v) is 6.51. The van der Waals surface area contributed by atoms with Crippen LogP contribution in [0.3, 0.4) is 0 Å². The Morgan fingerprint density at radius 2 is 1.49 bits per heavy atom. The van der Waals surface area contributed by atoms with E-state index in [1.807, 2.05) is 25.1 Å². The van der Waals surface area contributed by atoms with Gasteiger partial charge in [-0.1, -0.05) is 18.2 Å². The second-order valence-corrected chi connectivity index (χ2v) is 8.80. The minimum atomic E-state index is -0.402. The summed E-state index contributed by atoms with van der Waals surface area (Å²) in [4.78, 5) is 16.3. The highest BCUT2D eigenvalue weighted by Crippen LogP contribution is 2.28. The van der Waals surface area contributed by atoms with Crippen LogP contribution in [0.15, 0.2) is 48.6 Å². The Hall–Kier alpha value is -4.14. The van der Waals surface area contributed by atoms with E-state index in [4.69, 9.17) is 22.3 Å². The van der Waals surface area contributed by atoms with Gasteiger partial charge in [-0.25, -0.2) is 4.39 Å². The maximum Gasteiger partial charge on any atom is 0.255 e. The molecule has 2 aromatic carbocycles. The van der Waals surface area contributed by atoms with Crippen molar-refractivity contribution >= 4 is 34.7 Å². The molecule has 0 unspecified atom stereocenters. The van der Waals surface area contributed by atoms with Gasteiger partial charge in [0.15, 0.2) is 11.9 Å². The number of aryl methyl sites for hydroxylation is 1. The highest BCUT2D eigenvalue weighted by molar-refractivity contribution is 6.04. The van der Waals surface area contributed by atoms with Crippen LogP contribution in [0, 0.1) is 23.6 Å². The summed E-state index contributed by atoms with van der Waals surface area (Å²) in [5.74, 6) is -0.623. The van der Waals surface area contributed by atoms with Gasteiger partial charge < -0.3 is 26.6 Å². The van der Waals surface area contributed by atoms with Gasteiger partial charge in [0.2, 0.25) is 0 Å². The summed E-state index contributed by atoms with van der Waals surface area (Å²) in [6.07, 6.45) is 5.32. The van der Waals surface area contributed by atoms with Crippen LogP contribution in [0.2, 0.25) is 0 Å². The molecule has 0 atom stereocenters. The van der Waals surface area contributed by atoms with Crippen molar-refractivity contribution in [1.82, 2.24) is 9.80 Å². The van der Waals surface area contributed by atoms with Crippen LogP contribution < -0.4 is 16.8 Å². The average Bonchev–Trinajstić information content (AvgIpc) is 2.84. The lowest BCUT2D eigenvalue weighted by Crippen LogP contribution is -2.39. The van der Waals surface area contributed by atoms with E-state index in [9.17, 15) is 9.18 Å². The minimum absolute atomic E-state index is 0.0113. The molecule has 35 heavy (non-hydrogen) atoms. The van der Waals surface area contributed by atoms with Gasteiger partial charge in [-0.3, -0.25) is 15.6 Å². The smallest absolute Gasteiger partial charge is 0.255 e. The van der Waals surface area contributed by atoms with E-state index in [1.165, 1.54) is 11.6 Å². The van der Waals surface area contributed by atoms with Gasteiger partial charge in [0.1, 0.15) is 5.82 Å². The molecule has 2 aliphatic rings. The number of hydrogen-bond donors (Lipinski definition) is 5. The zero-order valence-corrected chi connectivity index (χ0v) is 19.7. The van der Waals surface area contributed by atoms with Gasteiger partial charge in [0.05, 0.1) is 0 Å². The number of carbonyl (C=O) groups is 1. The van der Waals surface area contributed by atoms with Gasteiger partial charge in [-0.2, -0.15) is 0 Å². The molecule has 0 saturated heterocycles. The van der Waals surface area contributed by atoms with Crippen LogP contribution >= 0.6 is 0 Å². The molecule has 0 spiro atoms. The van der Waals surface area contributed by atoms with Crippen molar-refractivity contribution in [3.8, 4) is 0 Å². The SMILES string of the molecule is Cc1cc(C(=O)Nc2ccc(C3=CCN(C(=N)N)CC3)c(F)c2)ccc1C1=CCN(C(=N)N)CC1. The van der Waals surface area contributed by atoms with E-state index in [-0.39, 0.29) is 17.8 Å². The maximum absolute atomic E-state index is 14.8. The molecule has 2 aliphatic heterocycles. The maximum atomic E-state index is 14.8. The van der Waals surface area contributed by atoms with Crippen LogP contribution in [-0.4, -0.2) is 53.8 Å². The van der Waals surface area contributed by atoms with Crippen molar-refractivity contribution < 1.29 is 9.18 Å². The van der Waals surface area contributed by atoms with E-state index in [0.29, 0.717) is 49.4 Å². The highest BCUT2D eigenvalue weighted by atomic mass is 19.1. The Bertz CT molecular complexity index is 1250. The van der Waals surface area contributed by atoms with Crippen molar-refractivity contribution in [2.24, 2.45) is 11.5 Å². The van der Waals surface area contributed by atoms with Crippen molar-refractivity contribution in [2.45, 2.75) is 19.8 Å². The van der Waals surface area contributed by atoms with Crippen LogP contribution in [0.1, 0.15) is 39.9 Å². The number of benzene rings is 2. The zero-order valence-electron chi connectivity index (χ0n) is 19.7. The number of guanidine groups is 2. The molecule has 2 aromatic rings. The largest absolute Gasteiger partial charge is 0.370 e. The van der Waals surface area contributed by atoms with E-state index in [0.717, 1.165) is 23.1 Å². The fourth-order valence-electron chi connectivity index (χ4n) is 4.49. The fourth-order valence-corrected chi connectivity index (χ4v) is 4.49. The lowest BCUT2D eigenvalue weighted by molar-refractivity contribution is 0.102. The number of hydrogen-bond acceptors (Lipinski definition) is 3. The second-order valence-electron chi connectivity index (χ2n) is 8.80. The third-order valence-electron chi connectivity index (χ3n) is 6.51. The first-order chi connectivity index (χ1) is 16.7. The number of nitrogens with two attached hydrogens (primary N) is 2. The van der Waals surface area contributed by atoms with Crippen LogP contribution in [0.25, 0.3) is 11.1 Å². The number of nitrogens with zero attached hydrogens (tertiary/aromatic N) is 2. The monoisotopic (exact) mass is 475 g/mol. The predicted octanol–water partition coefficient (Wildman–Crippen LogP) is 3.35. The number of amides is 1. The average molecular weight is 476 g/mol. The predicted molar refractivity (Wildman–Crippen MR) is 138 cm³/mol. The van der Waals surface area contributed by atoms with Gasteiger partial charge in [0, 0.05) is 43.0 Å². The lowest BCUT2D eigenvalue weighted by Gasteiger charge is -2.27. The molecule has 8 nitrogen and oxygen atoms in total. The first kappa shape index (κ1) is 24.0. The minimum Gasteiger partial charge on any atom is -0.370 e. The standard InChI is InChI=1S/C26H30FN7O/c1-16-14-19(2-4-21(16)17-6-10-33(11-7-17)25(28)29)24(35)32-20-3-5-22(23(27)15-20)18-8-12-34(13-9-18)26(30)31/h2-6,8,14-15H,7,9-13H2,1H3,(H3,28,29)(H3,30,31)(H,32,35). The van der Waals surface area contributed by atoms with E-state index < -0.39 is 5.82 Å². The highest BCUT2D eigenvalue weighted by Gasteiger charge is 2.18. The van der Waals surface area contributed by atoms with Crippen molar-refractivity contribution in [1.29, 1.82) is 10.8 Å². The molecular formula is C26H30FN7O. The van der Waals surface area contributed by atoms with Gasteiger partial charge >= 0.3 is 0 Å². The van der Waals surface area contributed by atoms with Crippen LogP contribution in [0.5, 0.6) is 0 Å². The second kappa shape index (κ2) is 10.0. The van der Waals surface area contributed by atoms with Gasteiger partial charge in [-0.15, -0.1) is 0 Å². The zero-order chi connectivity index (χ0) is 25.1. The summed E-state index contributed by atoms with van der Waals surface area (Å²) >= 11 is 0. The van der Waals surface area contributed by atoms with Gasteiger partial charge in [-0.05, 0) is 72.4 Å². The first-order valence-electron chi connectivity index (χ1n) is 11.5. The molecule has 1 amide bonds. The van der Waals surface area contributed by atoms with Crippen LogP contribution in [-0.2, 0) is 0 Å². The molecule has 0 radical (unpaired) electrons. The van der Waals surface area contributed by atoms with Gasteiger partial charge in [0.25, 0.3) is 5.91 Å². The molecule has 0 bridgehead atoms. The van der Waals surface area contributed by atoms with E-state index in [1.54, 1.807) is 28.0 Å². The molecule has 7 N–H and O–H groups in total. The molecule has 0 fully saturated rings. The molecule has 4 rings (SSSR count). The van der Waals surface area contributed by atoms with E-state index >= 15 is 0 Å². The Kier molecular flexibility index (Phi) is 6.86. The summed E-state index contributed by atoms with van der Waals surface area (Å²) < 4.78 is 14.8. The summed E-state index contributed by atoms with van der Waals surface area (Å²) in [5, 5.41) is 17.9. The number of anilines is 1. The quantitative estimate of drug-likeness (QED) is 0.341. The molecule has 0 saturated carbocycles. The Morgan fingerprint density at radius 3 is 1.97 bits per heavy atom. The van der Waals surface area contributed by atoms with Crippen molar-refractivity contribution in [3.05, 3.63) is 76.6 Å². The molecular weight excluding hydrogens is 445 g/mol. The number of nitrogens with one attached hydrogen (secondary N) is 3. The Morgan fingerprint density at radius 1 is 0.914 bits per heavy atom.